The molecule has 0 aromatic heterocycles. The number of hydrazine groups is 1. The van der Waals surface area contributed by atoms with Gasteiger partial charge in [-0.1, -0.05) is 18.6 Å². The number of nitrogens with zero attached hydrogens (tertiary/aromatic N) is 1. The molecule has 2 N–H and O–H groups in total. The van der Waals surface area contributed by atoms with Crippen LogP contribution >= 0.6 is 0 Å². The van der Waals surface area contributed by atoms with E-state index in [1.54, 1.807) is 0 Å². The molecular weight excluding hydrogens is 362 g/mol. The van der Waals surface area contributed by atoms with E-state index in [4.69, 9.17) is 4.74 Å². The summed E-state index contributed by atoms with van der Waals surface area (Å²) in [5, 5.41) is 0. The van der Waals surface area contributed by atoms with Gasteiger partial charge in [0, 0.05) is 20.0 Å². The highest BCUT2D eigenvalue weighted by Gasteiger charge is 2.30. The Kier molecular flexibility index (Phi) is 6.70. The number of hydrogen-bond acceptors (Lipinski definition) is 6. The van der Waals surface area contributed by atoms with Crippen molar-refractivity contribution in [3.05, 3.63) is 29.8 Å². The summed E-state index contributed by atoms with van der Waals surface area (Å²) in [6, 6.07) is 5.73. The Bertz CT molecular complexity index is 787. The van der Waals surface area contributed by atoms with Crippen molar-refractivity contribution in [3.8, 4) is 0 Å². The van der Waals surface area contributed by atoms with E-state index in [0.717, 1.165) is 19.3 Å². The molecule has 0 bridgehead atoms. The average molecular weight is 383 g/mol. The lowest BCUT2D eigenvalue weighted by atomic mass is 10.2. The molecule has 10 heteroatoms. The van der Waals surface area contributed by atoms with Gasteiger partial charge >= 0.3 is 5.97 Å². The van der Waals surface area contributed by atoms with E-state index in [0.29, 0.717) is 13.1 Å². The van der Waals surface area contributed by atoms with Gasteiger partial charge in [0.1, 0.15) is 0 Å². The second kappa shape index (κ2) is 8.77. The van der Waals surface area contributed by atoms with Crippen LogP contribution in [0.1, 0.15) is 36.5 Å². The number of amides is 2. The Hall–Kier alpha value is -2.46. The molecule has 1 fully saturated rings. The molecule has 1 aromatic carbocycles. The first-order valence-corrected chi connectivity index (χ1v) is 9.58. The second-order valence-corrected chi connectivity index (χ2v) is 7.67. The maximum absolute atomic E-state index is 12.8. The van der Waals surface area contributed by atoms with Crippen LogP contribution in [0, 0.1) is 0 Å². The van der Waals surface area contributed by atoms with Crippen molar-refractivity contribution in [2.75, 3.05) is 19.7 Å². The third-order valence-electron chi connectivity index (χ3n) is 3.75. The molecular formula is C16H21N3O6S. The lowest BCUT2D eigenvalue weighted by molar-refractivity contribution is -0.129. The van der Waals surface area contributed by atoms with Crippen LogP contribution in [-0.4, -0.2) is 50.2 Å². The Morgan fingerprint density at radius 2 is 1.73 bits per heavy atom. The molecule has 1 aromatic rings. The number of nitrogens with one attached hydrogen (secondary N) is 2. The molecule has 0 saturated carbocycles. The van der Waals surface area contributed by atoms with Crippen LogP contribution in [0.2, 0.25) is 0 Å². The lowest BCUT2D eigenvalue weighted by Crippen LogP contribution is -2.42. The van der Waals surface area contributed by atoms with E-state index in [1.807, 2.05) is 5.43 Å². The fourth-order valence-corrected chi connectivity index (χ4v) is 4.20. The van der Waals surface area contributed by atoms with Crippen LogP contribution in [0.25, 0.3) is 0 Å². The first-order valence-electron chi connectivity index (χ1n) is 8.14. The number of ether oxygens (including phenoxy) is 1. The molecule has 9 nitrogen and oxygen atoms in total. The molecule has 26 heavy (non-hydrogen) atoms. The molecule has 2 rings (SSSR count). The van der Waals surface area contributed by atoms with Gasteiger partial charge in [-0.25, -0.2) is 13.2 Å². The van der Waals surface area contributed by atoms with E-state index in [1.165, 1.54) is 35.5 Å². The van der Waals surface area contributed by atoms with Crippen LogP contribution in [0.15, 0.2) is 29.2 Å². The summed E-state index contributed by atoms with van der Waals surface area (Å²) in [6.45, 7) is 1.36. The van der Waals surface area contributed by atoms with Crippen LogP contribution < -0.4 is 10.9 Å². The highest BCUT2D eigenvalue weighted by Crippen LogP contribution is 2.24. The van der Waals surface area contributed by atoms with Gasteiger partial charge in [0.2, 0.25) is 15.9 Å². The molecule has 0 aliphatic carbocycles. The highest BCUT2D eigenvalue weighted by atomic mass is 32.2. The van der Waals surface area contributed by atoms with Gasteiger partial charge in [0.05, 0.1) is 10.5 Å². The molecule has 0 unspecified atom stereocenters. The minimum Gasteiger partial charge on any atom is -0.452 e. The van der Waals surface area contributed by atoms with E-state index < -0.39 is 34.4 Å². The lowest BCUT2D eigenvalue weighted by Gasteiger charge is -2.26. The zero-order chi connectivity index (χ0) is 19.2. The van der Waals surface area contributed by atoms with Gasteiger partial charge in [0.15, 0.2) is 6.61 Å². The second-order valence-electron chi connectivity index (χ2n) is 5.77. The number of carbonyl (C=O) groups excluding carboxylic acids is 3. The quantitative estimate of drug-likeness (QED) is 0.553. The average Bonchev–Trinajstić information content (AvgIpc) is 2.65. The minimum atomic E-state index is -3.82. The zero-order valence-electron chi connectivity index (χ0n) is 14.4. The first kappa shape index (κ1) is 19.9. The standard InChI is InChI=1S/C16H21N3O6S/c1-12(20)17-18-15(21)11-25-16(22)13-7-3-4-8-14(13)26(23,24)19-9-5-2-6-10-19/h3-4,7-8H,2,5-6,9-11H2,1H3,(H,17,20)(H,18,21). The Labute approximate surface area is 151 Å². The molecule has 142 valence electrons. The Balaban J connectivity index is 2.11. The van der Waals surface area contributed by atoms with Gasteiger partial charge in [-0.15, -0.1) is 0 Å². The van der Waals surface area contributed by atoms with Gasteiger partial charge in [-0.05, 0) is 25.0 Å². The van der Waals surface area contributed by atoms with Crippen molar-refractivity contribution in [2.45, 2.75) is 31.1 Å². The number of sulfonamides is 1. The van der Waals surface area contributed by atoms with Crippen LogP contribution in [0.3, 0.4) is 0 Å². The maximum atomic E-state index is 12.8. The first-order chi connectivity index (χ1) is 12.3. The summed E-state index contributed by atoms with van der Waals surface area (Å²) in [7, 11) is -3.82. The molecule has 1 aliphatic heterocycles. The number of benzene rings is 1. The predicted octanol–water partition coefficient (Wildman–Crippen LogP) is 0.185. The predicted molar refractivity (Wildman–Crippen MR) is 91.3 cm³/mol. The summed E-state index contributed by atoms with van der Waals surface area (Å²) in [5.41, 5.74) is 3.96. The van der Waals surface area contributed by atoms with Gasteiger partial charge in [0.25, 0.3) is 5.91 Å². The number of piperidine rings is 1. The van der Waals surface area contributed by atoms with Crippen molar-refractivity contribution in [1.29, 1.82) is 0 Å². The molecule has 1 aliphatic rings. The molecule has 1 heterocycles. The van der Waals surface area contributed by atoms with Gasteiger partial charge in [-0.3, -0.25) is 20.4 Å². The normalized spacial score (nSPS) is 15.1. The monoisotopic (exact) mass is 383 g/mol. The van der Waals surface area contributed by atoms with E-state index >= 15 is 0 Å². The minimum absolute atomic E-state index is 0.134. The van der Waals surface area contributed by atoms with E-state index in [2.05, 4.69) is 5.43 Å². The fourth-order valence-electron chi connectivity index (χ4n) is 2.51. The van der Waals surface area contributed by atoms with Crippen molar-refractivity contribution >= 4 is 27.8 Å². The van der Waals surface area contributed by atoms with E-state index in [9.17, 15) is 22.8 Å². The summed E-state index contributed by atoms with van der Waals surface area (Å²) in [6.07, 6.45) is 2.52. The SMILES string of the molecule is CC(=O)NNC(=O)COC(=O)c1ccccc1S(=O)(=O)N1CCCCC1. The smallest absolute Gasteiger partial charge is 0.340 e. The summed E-state index contributed by atoms with van der Waals surface area (Å²) in [5.74, 6) is -2.16. The third-order valence-corrected chi connectivity index (χ3v) is 5.71. The van der Waals surface area contributed by atoms with Crippen LogP contribution in [-0.2, 0) is 24.3 Å². The van der Waals surface area contributed by atoms with Crippen LogP contribution in [0.5, 0.6) is 0 Å². The summed E-state index contributed by atoms with van der Waals surface area (Å²) < 4.78 is 31.9. The van der Waals surface area contributed by atoms with Gasteiger partial charge < -0.3 is 4.74 Å². The maximum Gasteiger partial charge on any atom is 0.340 e. The van der Waals surface area contributed by atoms with Crippen molar-refractivity contribution in [3.63, 3.8) is 0 Å². The Morgan fingerprint density at radius 3 is 2.38 bits per heavy atom. The molecule has 0 radical (unpaired) electrons. The topological polar surface area (TPSA) is 122 Å². The zero-order valence-corrected chi connectivity index (χ0v) is 15.2. The third kappa shape index (κ3) is 5.02. The molecule has 1 saturated heterocycles. The van der Waals surface area contributed by atoms with Crippen molar-refractivity contribution in [1.82, 2.24) is 15.2 Å². The van der Waals surface area contributed by atoms with Crippen LogP contribution in [0.4, 0.5) is 0 Å². The molecule has 2 amide bonds. The number of hydrogen-bond donors (Lipinski definition) is 2. The van der Waals surface area contributed by atoms with Gasteiger partial charge in [-0.2, -0.15) is 4.31 Å². The molecule has 0 spiro atoms. The summed E-state index contributed by atoms with van der Waals surface area (Å²) in [4.78, 5) is 34.3. The Morgan fingerprint density at radius 1 is 1.08 bits per heavy atom. The summed E-state index contributed by atoms with van der Waals surface area (Å²) >= 11 is 0. The van der Waals surface area contributed by atoms with Crippen molar-refractivity contribution in [2.24, 2.45) is 0 Å². The number of carbonyl (C=O) groups is 3. The number of rotatable bonds is 5. The number of esters is 1. The highest BCUT2D eigenvalue weighted by molar-refractivity contribution is 7.89. The van der Waals surface area contributed by atoms with E-state index in [-0.39, 0.29) is 10.5 Å². The largest absolute Gasteiger partial charge is 0.452 e. The molecule has 0 atom stereocenters. The fraction of sp³-hybridized carbons (Fsp3) is 0.438. The van der Waals surface area contributed by atoms with Crippen molar-refractivity contribution < 1.29 is 27.5 Å².